The van der Waals surface area contributed by atoms with Crippen LogP contribution >= 0.6 is 34.8 Å². The minimum absolute atomic E-state index is 0.375. The number of halogens is 3. The van der Waals surface area contributed by atoms with Gasteiger partial charge >= 0.3 is 0 Å². The number of rotatable bonds is 3. The lowest BCUT2D eigenvalue weighted by atomic mass is 10.2. The van der Waals surface area contributed by atoms with Crippen molar-refractivity contribution in [3.63, 3.8) is 0 Å². The first kappa shape index (κ1) is 11.8. The van der Waals surface area contributed by atoms with Gasteiger partial charge in [-0.1, -0.05) is 54.0 Å². The van der Waals surface area contributed by atoms with Crippen molar-refractivity contribution in [2.24, 2.45) is 0 Å². The zero-order chi connectivity index (χ0) is 9.72. The average molecular weight is 224 g/mol. The van der Waals surface area contributed by atoms with Crippen molar-refractivity contribution in [1.82, 2.24) is 0 Å². The van der Waals surface area contributed by atoms with E-state index in [0.29, 0.717) is 20.7 Å². The molecular weight excluding hydrogens is 214 g/mol. The fourth-order valence-corrected chi connectivity index (χ4v) is 0.965. The molecule has 0 aliphatic rings. The molecule has 0 saturated heterocycles. The summed E-state index contributed by atoms with van der Waals surface area (Å²) in [4.78, 5) is 0. The van der Waals surface area contributed by atoms with Gasteiger partial charge in [-0.25, -0.2) is 0 Å². The standard InChI is InChI=1S/C9H9Cl3/c1-4-5-8(11)6(2)9(12)7(3)10/h4-5H,1-2H2,3H3/b8-5+,9-7-. The highest BCUT2D eigenvalue weighted by atomic mass is 35.5. The van der Waals surface area contributed by atoms with Crippen LogP contribution in [0.2, 0.25) is 0 Å². The van der Waals surface area contributed by atoms with Gasteiger partial charge in [0.25, 0.3) is 0 Å². The Labute approximate surface area is 87.8 Å². The summed E-state index contributed by atoms with van der Waals surface area (Å²) in [6.45, 7) is 8.84. The van der Waals surface area contributed by atoms with Crippen LogP contribution in [0, 0.1) is 0 Å². The highest BCUT2D eigenvalue weighted by Crippen LogP contribution is 2.27. The molecule has 0 rings (SSSR count). The van der Waals surface area contributed by atoms with Crippen LogP contribution in [0.25, 0.3) is 0 Å². The number of allylic oxidation sites excluding steroid dienone is 6. The van der Waals surface area contributed by atoms with Gasteiger partial charge < -0.3 is 0 Å². The Bertz CT molecular complexity index is 255. The first-order valence-electron chi connectivity index (χ1n) is 3.20. The summed E-state index contributed by atoms with van der Waals surface area (Å²) in [5.41, 5.74) is 0.505. The van der Waals surface area contributed by atoms with E-state index in [4.69, 9.17) is 34.8 Å². The SMILES string of the molecule is C=C/C=C(/Cl)C(=C)/C(Cl)=C(\C)Cl. The van der Waals surface area contributed by atoms with Gasteiger partial charge in [-0.05, 0) is 13.0 Å². The number of hydrogen-bond donors (Lipinski definition) is 0. The van der Waals surface area contributed by atoms with Crippen LogP contribution in [-0.4, -0.2) is 0 Å². The lowest BCUT2D eigenvalue weighted by Gasteiger charge is -2.02. The first-order valence-corrected chi connectivity index (χ1v) is 4.33. The van der Waals surface area contributed by atoms with Gasteiger partial charge in [0, 0.05) is 15.6 Å². The smallest absolute Gasteiger partial charge is 0.0629 e. The summed E-state index contributed by atoms with van der Waals surface area (Å²) < 4.78 is 0. The summed E-state index contributed by atoms with van der Waals surface area (Å²) in [6.07, 6.45) is 3.16. The van der Waals surface area contributed by atoms with E-state index in [-0.39, 0.29) is 0 Å². The van der Waals surface area contributed by atoms with Crippen molar-refractivity contribution in [2.75, 3.05) is 0 Å². The molecule has 0 N–H and O–H groups in total. The van der Waals surface area contributed by atoms with Gasteiger partial charge in [-0.2, -0.15) is 0 Å². The third kappa shape index (κ3) is 3.48. The molecule has 0 nitrogen and oxygen atoms in total. The van der Waals surface area contributed by atoms with Gasteiger partial charge in [0.2, 0.25) is 0 Å². The second-order valence-corrected chi connectivity index (χ2v) is 3.43. The van der Waals surface area contributed by atoms with Crippen molar-refractivity contribution >= 4 is 34.8 Å². The zero-order valence-corrected chi connectivity index (χ0v) is 8.97. The van der Waals surface area contributed by atoms with E-state index < -0.39 is 0 Å². The summed E-state index contributed by atoms with van der Waals surface area (Å²) >= 11 is 17.2. The summed E-state index contributed by atoms with van der Waals surface area (Å²) in [5, 5.41) is 1.28. The third-order valence-electron chi connectivity index (χ3n) is 1.12. The Kier molecular flexibility index (Phi) is 5.39. The summed E-state index contributed by atoms with van der Waals surface area (Å²) in [6, 6.07) is 0. The van der Waals surface area contributed by atoms with Crippen LogP contribution in [0.3, 0.4) is 0 Å². The normalized spacial score (nSPS) is 13.8. The minimum atomic E-state index is 0.375. The molecule has 0 aliphatic carbocycles. The van der Waals surface area contributed by atoms with E-state index in [1.54, 1.807) is 19.1 Å². The largest absolute Gasteiger partial charge is 0.0990 e. The van der Waals surface area contributed by atoms with Gasteiger partial charge in [-0.3, -0.25) is 0 Å². The molecule has 0 atom stereocenters. The monoisotopic (exact) mass is 222 g/mol. The fraction of sp³-hybridized carbons (Fsp3) is 0.111. The van der Waals surface area contributed by atoms with Crippen LogP contribution in [0.1, 0.15) is 6.92 Å². The predicted octanol–water partition coefficient (Wildman–Crippen LogP) is 4.56. The van der Waals surface area contributed by atoms with Crippen molar-refractivity contribution in [3.05, 3.63) is 46.0 Å². The molecule has 0 fully saturated rings. The molecule has 12 heavy (non-hydrogen) atoms. The van der Waals surface area contributed by atoms with E-state index in [1.165, 1.54) is 0 Å². The van der Waals surface area contributed by atoms with Crippen molar-refractivity contribution < 1.29 is 0 Å². The fourth-order valence-electron chi connectivity index (χ4n) is 0.517. The van der Waals surface area contributed by atoms with Gasteiger partial charge in [0.15, 0.2) is 0 Å². The number of hydrogen-bond acceptors (Lipinski definition) is 0. The molecule has 3 heteroatoms. The maximum atomic E-state index is 5.79. The molecule has 66 valence electrons. The summed E-state index contributed by atoms with van der Waals surface area (Å²) in [7, 11) is 0. The molecule has 0 aromatic rings. The molecule has 0 saturated carbocycles. The van der Waals surface area contributed by atoms with Crippen LogP contribution in [0.5, 0.6) is 0 Å². The second-order valence-electron chi connectivity index (χ2n) is 2.08. The Morgan fingerprint density at radius 2 is 1.75 bits per heavy atom. The molecule has 0 amide bonds. The minimum Gasteiger partial charge on any atom is -0.0990 e. The molecule has 0 aromatic carbocycles. The van der Waals surface area contributed by atoms with E-state index in [9.17, 15) is 0 Å². The molecule has 0 aliphatic heterocycles. The van der Waals surface area contributed by atoms with Crippen molar-refractivity contribution in [3.8, 4) is 0 Å². The van der Waals surface area contributed by atoms with Crippen LogP contribution < -0.4 is 0 Å². The molecule has 0 bridgehead atoms. The zero-order valence-electron chi connectivity index (χ0n) is 6.70. The Hall–Kier alpha value is -0.170. The second kappa shape index (κ2) is 5.47. The molecular formula is C9H9Cl3. The van der Waals surface area contributed by atoms with Crippen molar-refractivity contribution in [2.45, 2.75) is 6.92 Å². The van der Waals surface area contributed by atoms with E-state index in [0.717, 1.165) is 0 Å². The lowest BCUT2D eigenvalue weighted by molar-refractivity contribution is 1.55. The molecule has 0 aromatic heterocycles. The highest BCUT2D eigenvalue weighted by molar-refractivity contribution is 6.43. The Balaban J connectivity index is 4.75. The molecule has 0 spiro atoms. The maximum Gasteiger partial charge on any atom is 0.0629 e. The van der Waals surface area contributed by atoms with E-state index in [1.807, 2.05) is 0 Å². The predicted molar refractivity (Wildman–Crippen MR) is 57.7 cm³/mol. The molecule has 0 radical (unpaired) electrons. The van der Waals surface area contributed by atoms with Crippen molar-refractivity contribution in [1.29, 1.82) is 0 Å². The van der Waals surface area contributed by atoms with Gasteiger partial charge in [-0.15, -0.1) is 0 Å². The Morgan fingerprint density at radius 1 is 1.25 bits per heavy atom. The van der Waals surface area contributed by atoms with E-state index in [2.05, 4.69) is 13.2 Å². The van der Waals surface area contributed by atoms with Crippen LogP contribution in [-0.2, 0) is 0 Å². The topological polar surface area (TPSA) is 0 Å². The quantitative estimate of drug-likeness (QED) is 0.615. The molecule has 0 unspecified atom stereocenters. The van der Waals surface area contributed by atoms with Crippen LogP contribution in [0.15, 0.2) is 46.0 Å². The Morgan fingerprint density at radius 3 is 2.08 bits per heavy atom. The third-order valence-corrected chi connectivity index (χ3v) is 2.27. The highest BCUT2D eigenvalue weighted by Gasteiger charge is 2.05. The first-order chi connectivity index (χ1) is 5.50. The molecule has 0 heterocycles. The summed E-state index contributed by atoms with van der Waals surface area (Å²) in [5.74, 6) is 0. The van der Waals surface area contributed by atoms with Gasteiger partial charge in [0.05, 0.1) is 5.03 Å². The lowest BCUT2D eigenvalue weighted by Crippen LogP contribution is -1.82. The van der Waals surface area contributed by atoms with E-state index >= 15 is 0 Å². The van der Waals surface area contributed by atoms with Crippen LogP contribution in [0.4, 0.5) is 0 Å². The maximum absolute atomic E-state index is 5.79. The average Bonchev–Trinajstić information content (AvgIpc) is 2.02. The van der Waals surface area contributed by atoms with Gasteiger partial charge in [0.1, 0.15) is 0 Å².